The van der Waals surface area contributed by atoms with Crippen molar-refractivity contribution < 1.29 is 4.79 Å². The lowest BCUT2D eigenvalue weighted by Crippen LogP contribution is -2.43. The summed E-state index contributed by atoms with van der Waals surface area (Å²) in [5.41, 5.74) is 6.67. The van der Waals surface area contributed by atoms with Crippen molar-refractivity contribution in [1.29, 1.82) is 0 Å². The van der Waals surface area contributed by atoms with Crippen molar-refractivity contribution in [2.24, 2.45) is 18.4 Å². The van der Waals surface area contributed by atoms with E-state index in [-0.39, 0.29) is 5.92 Å². The summed E-state index contributed by atoms with van der Waals surface area (Å²) >= 11 is 0. The first-order chi connectivity index (χ1) is 17.5. The van der Waals surface area contributed by atoms with Gasteiger partial charge >= 0.3 is 0 Å². The van der Waals surface area contributed by atoms with Gasteiger partial charge in [0.25, 0.3) is 0 Å². The van der Waals surface area contributed by atoms with E-state index in [2.05, 4.69) is 59.4 Å². The van der Waals surface area contributed by atoms with E-state index in [0.717, 1.165) is 30.6 Å². The number of fused-ring (bicyclic) bond motifs is 1. The number of imidazole rings is 1. The lowest BCUT2D eigenvalue weighted by molar-refractivity contribution is -0.127. The predicted octanol–water partition coefficient (Wildman–Crippen LogP) is 7.44. The molecule has 4 heteroatoms. The Kier molecular flexibility index (Phi) is 6.39. The number of amides is 1. The van der Waals surface area contributed by atoms with Gasteiger partial charge in [-0.05, 0) is 105 Å². The number of aryl methyl sites for hydroxylation is 2. The molecule has 1 aromatic heterocycles. The monoisotopic (exact) mass is 483 g/mol. The Morgan fingerprint density at radius 3 is 2.39 bits per heavy atom. The van der Waals surface area contributed by atoms with Crippen molar-refractivity contribution >= 4 is 16.9 Å². The number of hydrogen-bond acceptors (Lipinski definition) is 2. The lowest BCUT2D eigenvalue weighted by Gasteiger charge is -2.38. The minimum atomic E-state index is 0.167. The summed E-state index contributed by atoms with van der Waals surface area (Å²) in [6.07, 6.45) is 15.1. The molecule has 1 spiro atoms. The van der Waals surface area contributed by atoms with Gasteiger partial charge in [-0.1, -0.05) is 49.6 Å². The maximum absolute atomic E-state index is 13.2. The van der Waals surface area contributed by atoms with Crippen molar-refractivity contribution in [1.82, 2.24) is 14.9 Å². The van der Waals surface area contributed by atoms with Crippen LogP contribution >= 0.6 is 0 Å². The zero-order valence-corrected chi connectivity index (χ0v) is 22.1. The molecule has 0 radical (unpaired) electrons. The highest BCUT2D eigenvalue weighted by Crippen LogP contribution is 2.49. The molecule has 3 aliphatic carbocycles. The van der Waals surface area contributed by atoms with Crippen LogP contribution in [-0.2, 0) is 11.8 Å². The maximum atomic E-state index is 13.2. The Bertz CT molecular complexity index is 1220. The quantitative estimate of drug-likeness (QED) is 0.419. The summed E-state index contributed by atoms with van der Waals surface area (Å²) in [7, 11) is 2.07. The maximum Gasteiger partial charge on any atom is 0.223 e. The van der Waals surface area contributed by atoms with Crippen molar-refractivity contribution in [3.05, 3.63) is 53.9 Å². The molecule has 36 heavy (non-hydrogen) atoms. The minimum absolute atomic E-state index is 0.167. The third-order valence-electron chi connectivity index (χ3n) is 9.92. The van der Waals surface area contributed by atoms with Gasteiger partial charge in [0.15, 0.2) is 0 Å². The van der Waals surface area contributed by atoms with Crippen LogP contribution < -0.4 is 5.32 Å². The smallest absolute Gasteiger partial charge is 0.223 e. The molecular weight excluding hydrogens is 442 g/mol. The van der Waals surface area contributed by atoms with Gasteiger partial charge in [-0.3, -0.25) is 4.79 Å². The second-order valence-corrected chi connectivity index (χ2v) is 12.1. The molecule has 3 fully saturated rings. The molecule has 4 nitrogen and oxygen atoms in total. The van der Waals surface area contributed by atoms with Crippen LogP contribution in [0.2, 0.25) is 0 Å². The van der Waals surface area contributed by atoms with Crippen LogP contribution in [0, 0.1) is 18.3 Å². The summed E-state index contributed by atoms with van der Waals surface area (Å²) in [6.45, 7) is 2.05. The highest BCUT2D eigenvalue weighted by molar-refractivity contribution is 5.82. The molecule has 2 unspecified atom stereocenters. The Morgan fingerprint density at radius 2 is 1.64 bits per heavy atom. The second kappa shape index (κ2) is 9.68. The van der Waals surface area contributed by atoms with Crippen LogP contribution in [0.5, 0.6) is 0 Å². The number of benzene rings is 2. The number of nitrogens with one attached hydrogen (secondary N) is 1. The van der Waals surface area contributed by atoms with Gasteiger partial charge in [-0.25, -0.2) is 4.98 Å². The van der Waals surface area contributed by atoms with Crippen molar-refractivity contribution in [3.8, 4) is 11.1 Å². The molecule has 1 amide bonds. The predicted molar refractivity (Wildman–Crippen MR) is 147 cm³/mol. The van der Waals surface area contributed by atoms with Crippen LogP contribution in [0.3, 0.4) is 0 Å². The van der Waals surface area contributed by atoms with Crippen molar-refractivity contribution in [2.75, 3.05) is 0 Å². The average molecular weight is 484 g/mol. The van der Waals surface area contributed by atoms with Gasteiger partial charge in [0.1, 0.15) is 5.82 Å². The van der Waals surface area contributed by atoms with E-state index >= 15 is 0 Å². The number of carbonyl (C=O) groups is 1. The molecule has 6 rings (SSSR count). The molecule has 3 aromatic rings. The fourth-order valence-electron chi connectivity index (χ4n) is 7.50. The molecule has 3 saturated carbocycles. The largest absolute Gasteiger partial charge is 0.353 e. The van der Waals surface area contributed by atoms with Crippen LogP contribution in [0.15, 0.2) is 42.5 Å². The molecule has 0 bridgehead atoms. The van der Waals surface area contributed by atoms with Crippen LogP contribution in [0.1, 0.15) is 94.4 Å². The summed E-state index contributed by atoms with van der Waals surface area (Å²) in [6, 6.07) is 16.0. The third kappa shape index (κ3) is 4.60. The average Bonchev–Trinajstić information content (AvgIpc) is 3.49. The van der Waals surface area contributed by atoms with Crippen LogP contribution in [-0.4, -0.2) is 21.5 Å². The zero-order chi connectivity index (χ0) is 24.7. The van der Waals surface area contributed by atoms with Gasteiger partial charge < -0.3 is 9.88 Å². The molecule has 3 aliphatic rings. The summed E-state index contributed by atoms with van der Waals surface area (Å²) in [5.74, 6) is 2.01. The van der Waals surface area contributed by atoms with Crippen molar-refractivity contribution in [2.45, 2.75) is 95.9 Å². The number of rotatable bonds is 4. The highest BCUT2D eigenvalue weighted by Gasteiger charge is 2.38. The van der Waals surface area contributed by atoms with Gasteiger partial charge in [0.2, 0.25) is 5.91 Å². The molecule has 190 valence electrons. The Labute approximate surface area is 215 Å². The van der Waals surface area contributed by atoms with Crippen molar-refractivity contribution in [3.63, 3.8) is 0 Å². The summed E-state index contributed by atoms with van der Waals surface area (Å²) in [5, 5.41) is 3.47. The highest BCUT2D eigenvalue weighted by atomic mass is 16.1. The van der Waals surface area contributed by atoms with E-state index in [1.807, 2.05) is 6.92 Å². The molecule has 2 atom stereocenters. The van der Waals surface area contributed by atoms with Crippen LogP contribution in [0.25, 0.3) is 22.2 Å². The lowest BCUT2D eigenvalue weighted by atomic mass is 9.71. The Hall–Kier alpha value is -2.62. The van der Waals surface area contributed by atoms with Gasteiger partial charge in [0, 0.05) is 19.0 Å². The molecule has 1 N–H and O–H groups in total. The van der Waals surface area contributed by atoms with Gasteiger partial charge in [-0.15, -0.1) is 0 Å². The number of aromatic nitrogens is 2. The van der Waals surface area contributed by atoms with Crippen LogP contribution in [0.4, 0.5) is 0 Å². The van der Waals surface area contributed by atoms with Gasteiger partial charge in [0.05, 0.1) is 11.0 Å². The zero-order valence-electron chi connectivity index (χ0n) is 22.1. The standard InChI is InChI=1S/C32H41N3O/c1-22-33-29-21-26(12-13-30(29)35(22)2)24-10-8-23(9-11-24)25-6-5-7-27(20-25)31(36)34-28-14-18-32(19-15-28)16-3-4-17-32/h8-13,21,25,27-28H,3-7,14-20H2,1-2H3,(H,34,36). The molecular formula is C32H41N3O. The number of hydrogen-bond donors (Lipinski definition) is 1. The molecule has 0 aliphatic heterocycles. The fraction of sp³-hybridized carbons (Fsp3) is 0.562. The third-order valence-corrected chi connectivity index (χ3v) is 9.92. The molecule has 2 aromatic carbocycles. The minimum Gasteiger partial charge on any atom is -0.353 e. The van der Waals surface area contributed by atoms with E-state index in [0.29, 0.717) is 23.3 Å². The fourth-order valence-corrected chi connectivity index (χ4v) is 7.50. The second-order valence-electron chi connectivity index (χ2n) is 12.1. The molecule has 1 heterocycles. The van der Waals surface area contributed by atoms with Gasteiger partial charge in [-0.2, -0.15) is 0 Å². The van der Waals surface area contributed by atoms with E-state index in [9.17, 15) is 4.79 Å². The summed E-state index contributed by atoms with van der Waals surface area (Å²) in [4.78, 5) is 17.9. The normalized spacial score (nSPS) is 24.4. The first-order valence-electron chi connectivity index (χ1n) is 14.3. The Balaban J connectivity index is 1.08. The molecule has 0 saturated heterocycles. The number of nitrogens with zero attached hydrogens (tertiary/aromatic N) is 2. The van der Waals surface area contributed by atoms with E-state index in [4.69, 9.17) is 4.98 Å². The van der Waals surface area contributed by atoms with E-state index in [1.165, 1.54) is 80.0 Å². The summed E-state index contributed by atoms with van der Waals surface area (Å²) < 4.78 is 2.14. The van der Waals surface area contributed by atoms with E-state index < -0.39 is 0 Å². The topological polar surface area (TPSA) is 46.9 Å². The SMILES string of the molecule is Cc1nc2cc(-c3ccc(C4CCCC(C(=O)NC5CCC6(CCCC6)CC5)C4)cc3)ccc2n1C. The van der Waals surface area contributed by atoms with E-state index in [1.54, 1.807) is 0 Å². The number of carbonyl (C=O) groups excluding carboxylic acids is 1. The first-order valence-corrected chi connectivity index (χ1v) is 14.3. The Morgan fingerprint density at radius 1 is 0.917 bits per heavy atom. The first kappa shape index (κ1) is 23.8.